The molecule has 3 rings (SSSR count). The maximum absolute atomic E-state index is 14.2. The number of aromatic nitrogens is 2. The molecule has 138 valence electrons. The van der Waals surface area contributed by atoms with Gasteiger partial charge >= 0.3 is 0 Å². The number of nitrogens with zero attached hydrogens (tertiary/aromatic N) is 3. The number of carbonyl (C=O) groups is 1. The van der Waals surface area contributed by atoms with Crippen molar-refractivity contribution in [1.29, 1.82) is 0 Å². The first kappa shape index (κ1) is 18.3. The number of nitrogens with one attached hydrogen (secondary N) is 1. The molecule has 0 saturated heterocycles. The van der Waals surface area contributed by atoms with Crippen LogP contribution < -0.4 is 11.1 Å². The molecule has 3 N–H and O–H groups in total. The predicted molar refractivity (Wildman–Crippen MR) is 107 cm³/mol. The minimum Gasteiger partial charge on any atom is -0.398 e. The Labute approximate surface area is 156 Å². The quantitative estimate of drug-likeness (QED) is 0.534. The number of benzene rings is 1. The van der Waals surface area contributed by atoms with E-state index in [2.05, 4.69) is 21.9 Å². The predicted octanol–water partition coefficient (Wildman–Crippen LogP) is 3.70. The molecule has 0 radical (unpaired) electrons. The van der Waals surface area contributed by atoms with E-state index >= 15 is 0 Å². The number of anilines is 2. The Kier molecular flexibility index (Phi) is 5.03. The minimum atomic E-state index is -0.522. The highest BCUT2D eigenvalue weighted by Gasteiger charge is 2.16. The van der Waals surface area contributed by atoms with Gasteiger partial charge in [0, 0.05) is 36.8 Å². The monoisotopic (exact) mass is 365 g/mol. The van der Waals surface area contributed by atoms with Crippen molar-refractivity contribution in [2.24, 2.45) is 4.99 Å². The van der Waals surface area contributed by atoms with Gasteiger partial charge in [0.1, 0.15) is 0 Å². The lowest BCUT2D eigenvalue weighted by Crippen LogP contribution is -2.16. The lowest BCUT2D eigenvalue weighted by Gasteiger charge is -2.12. The van der Waals surface area contributed by atoms with Crippen molar-refractivity contribution in [3.8, 4) is 0 Å². The van der Waals surface area contributed by atoms with E-state index in [1.807, 2.05) is 6.92 Å². The summed E-state index contributed by atoms with van der Waals surface area (Å²) < 4.78 is 15.7. The van der Waals surface area contributed by atoms with Crippen molar-refractivity contribution in [1.82, 2.24) is 9.38 Å². The molecule has 0 unspecified atom stereocenters. The summed E-state index contributed by atoms with van der Waals surface area (Å²) in [6.45, 7) is 8.02. The molecular formula is C20H20FN5O. The number of amides is 1. The number of nitrogens with two attached hydrogens (primary N) is 1. The van der Waals surface area contributed by atoms with Crippen LogP contribution in [0.1, 0.15) is 34.1 Å². The van der Waals surface area contributed by atoms with E-state index < -0.39 is 11.7 Å². The average molecular weight is 365 g/mol. The molecule has 3 aromatic rings. The van der Waals surface area contributed by atoms with Crippen molar-refractivity contribution in [3.05, 3.63) is 65.4 Å². The van der Waals surface area contributed by atoms with Gasteiger partial charge in [0.2, 0.25) is 0 Å². The van der Waals surface area contributed by atoms with Gasteiger partial charge < -0.3 is 15.5 Å². The summed E-state index contributed by atoms with van der Waals surface area (Å²) >= 11 is 0. The molecule has 0 bridgehead atoms. The summed E-state index contributed by atoms with van der Waals surface area (Å²) in [6, 6.07) is 4.59. The van der Waals surface area contributed by atoms with E-state index in [1.165, 1.54) is 10.5 Å². The number of nitrogen functional groups attached to an aromatic ring is 1. The Morgan fingerprint density at radius 1 is 1.44 bits per heavy atom. The SMILES string of the molecule is C=Cc1ccc(C(=O)Nc2cc(F)c3nc(C)cn3c2)c(N)c1C=NCC. The Morgan fingerprint density at radius 2 is 2.22 bits per heavy atom. The van der Waals surface area contributed by atoms with E-state index in [9.17, 15) is 9.18 Å². The minimum absolute atomic E-state index is 0.207. The molecule has 6 nitrogen and oxygen atoms in total. The molecule has 0 saturated carbocycles. The number of rotatable bonds is 5. The molecule has 1 aromatic carbocycles. The molecule has 27 heavy (non-hydrogen) atoms. The summed E-state index contributed by atoms with van der Waals surface area (Å²) in [5.74, 6) is -0.962. The highest BCUT2D eigenvalue weighted by atomic mass is 19.1. The van der Waals surface area contributed by atoms with Crippen molar-refractivity contribution >= 4 is 35.2 Å². The average Bonchev–Trinajstić information content (AvgIpc) is 3.01. The van der Waals surface area contributed by atoms with Crippen LogP contribution in [0.5, 0.6) is 0 Å². The summed E-state index contributed by atoms with van der Waals surface area (Å²) in [5.41, 5.74) is 9.37. The molecule has 0 atom stereocenters. The van der Waals surface area contributed by atoms with Crippen LogP contribution in [0.25, 0.3) is 11.7 Å². The molecule has 0 spiro atoms. The zero-order chi connectivity index (χ0) is 19.6. The van der Waals surface area contributed by atoms with Crippen LogP contribution >= 0.6 is 0 Å². The number of carbonyl (C=O) groups excluding carboxylic acids is 1. The number of hydrogen-bond donors (Lipinski definition) is 2. The van der Waals surface area contributed by atoms with Crippen molar-refractivity contribution in [2.45, 2.75) is 13.8 Å². The van der Waals surface area contributed by atoms with E-state index in [4.69, 9.17) is 5.73 Å². The molecule has 2 aromatic heterocycles. The van der Waals surface area contributed by atoms with Gasteiger partial charge in [-0.25, -0.2) is 9.37 Å². The highest BCUT2D eigenvalue weighted by Crippen LogP contribution is 2.23. The van der Waals surface area contributed by atoms with E-state index in [0.29, 0.717) is 29.2 Å². The highest BCUT2D eigenvalue weighted by molar-refractivity contribution is 6.10. The van der Waals surface area contributed by atoms with Gasteiger partial charge in [0.15, 0.2) is 11.5 Å². The molecular weight excluding hydrogens is 345 g/mol. The normalized spacial score (nSPS) is 11.2. The summed E-state index contributed by atoms with van der Waals surface area (Å²) in [7, 11) is 0. The van der Waals surface area contributed by atoms with Gasteiger partial charge in [0.25, 0.3) is 5.91 Å². The third-order valence-corrected chi connectivity index (χ3v) is 4.07. The summed E-state index contributed by atoms with van der Waals surface area (Å²) in [6.07, 6.45) is 6.56. The van der Waals surface area contributed by atoms with E-state index in [1.54, 1.807) is 43.7 Å². The first-order valence-electron chi connectivity index (χ1n) is 8.45. The lowest BCUT2D eigenvalue weighted by molar-refractivity contribution is 0.102. The number of halogens is 1. The Balaban J connectivity index is 1.97. The Hall–Kier alpha value is -3.48. The van der Waals surface area contributed by atoms with Crippen LogP contribution in [0.15, 0.2) is 42.2 Å². The fraction of sp³-hybridized carbons (Fsp3) is 0.150. The number of aryl methyl sites for hydroxylation is 1. The first-order valence-corrected chi connectivity index (χ1v) is 8.45. The first-order chi connectivity index (χ1) is 12.9. The molecule has 1 amide bonds. The number of pyridine rings is 1. The van der Waals surface area contributed by atoms with Crippen LogP contribution in [-0.2, 0) is 0 Å². The topological polar surface area (TPSA) is 84.8 Å². The van der Waals surface area contributed by atoms with Gasteiger partial charge in [-0.2, -0.15) is 0 Å². The molecule has 0 aliphatic carbocycles. The number of hydrogen-bond acceptors (Lipinski definition) is 4. The smallest absolute Gasteiger partial charge is 0.257 e. The molecule has 7 heteroatoms. The standard InChI is InChI=1S/C20H20FN5O/c1-4-13-6-7-15(18(22)16(13)9-23-5-2)20(27)25-14-8-17(21)19-24-12(3)10-26(19)11-14/h4,6-11H,1,5,22H2,2-3H3,(H,25,27). The zero-order valence-corrected chi connectivity index (χ0v) is 15.2. The fourth-order valence-electron chi connectivity index (χ4n) is 2.80. The van der Waals surface area contributed by atoms with Crippen molar-refractivity contribution in [2.75, 3.05) is 17.6 Å². The second-order valence-electron chi connectivity index (χ2n) is 6.01. The van der Waals surface area contributed by atoms with Crippen LogP contribution in [0.4, 0.5) is 15.8 Å². The number of aliphatic imine (C=N–C) groups is 1. The Morgan fingerprint density at radius 3 is 2.93 bits per heavy atom. The molecule has 2 heterocycles. The maximum atomic E-state index is 14.2. The van der Waals surface area contributed by atoms with Gasteiger partial charge in [-0.05, 0) is 25.5 Å². The largest absolute Gasteiger partial charge is 0.398 e. The van der Waals surface area contributed by atoms with Crippen LogP contribution in [-0.4, -0.2) is 28.1 Å². The summed E-state index contributed by atoms with van der Waals surface area (Å²) in [4.78, 5) is 21.0. The van der Waals surface area contributed by atoms with Crippen LogP contribution in [0, 0.1) is 12.7 Å². The molecule has 0 fully saturated rings. The third-order valence-electron chi connectivity index (χ3n) is 4.07. The Bertz CT molecular complexity index is 1070. The van der Waals surface area contributed by atoms with Crippen LogP contribution in [0.2, 0.25) is 0 Å². The van der Waals surface area contributed by atoms with Crippen molar-refractivity contribution in [3.63, 3.8) is 0 Å². The lowest BCUT2D eigenvalue weighted by atomic mass is 10.0. The number of imidazole rings is 1. The van der Waals surface area contributed by atoms with Gasteiger partial charge in [0.05, 0.1) is 22.6 Å². The van der Waals surface area contributed by atoms with E-state index in [-0.39, 0.29) is 11.2 Å². The molecule has 0 aliphatic heterocycles. The fourth-order valence-corrected chi connectivity index (χ4v) is 2.80. The number of fused-ring (bicyclic) bond motifs is 1. The second-order valence-corrected chi connectivity index (χ2v) is 6.01. The van der Waals surface area contributed by atoms with Crippen LogP contribution in [0.3, 0.4) is 0 Å². The third kappa shape index (κ3) is 3.57. The van der Waals surface area contributed by atoms with Gasteiger partial charge in [-0.15, -0.1) is 0 Å². The maximum Gasteiger partial charge on any atom is 0.257 e. The summed E-state index contributed by atoms with van der Waals surface area (Å²) in [5, 5.41) is 2.68. The second kappa shape index (κ2) is 7.41. The van der Waals surface area contributed by atoms with Gasteiger partial charge in [-0.1, -0.05) is 18.7 Å². The van der Waals surface area contributed by atoms with E-state index in [0.717, 1.165) is 5.56 Å². The van der Waals surface area contributed by atoms with Gasteiger partial charge in [-0.3, -0.25) is 9.79 Å². The zero-order valence-electron chi connectivity index (χ0n) is 15.2. The molecule has 0 aliphatic rings. The van der Waals surface area contributed by atoms with Crippen molar-refractivity contribution < 1.29 is 9.18 Å².